The van der Waals surface area contributed by atoms with Gasteiger partial charge in [-0.05, 0) is 73.1 Å². The Labute approximate surface area is 207 Å². The molecule has 1 heterocycles. The number of amides is 1. The van der Waals surface area contributed by atoms with Crippen LogP contribution >= 0.6 is 23.2 Å². The second-order valence-corrected chi connectivity index (χ2v) is 10.8. The third-order valence-corrected chi connectivity index (χ3v) is 7.62. The first-order valence-corrected chi connectivity index (χ1v) is 12.8. The molecule has 1 saturated carbocycles. The highest BCUT2D eigenvalue weighted by Gasteiger charge is 2.44. The fraction of sp³-hybridized carbons (Fsp3) is 0.519. The minimum Gasteiger partial charge on any atom is -0.492 e. The van der Waals surface area contributed by atoms with E-state index in [0.717, 1.165) is 74.2 Å². The van der Waals surface area contributed by atoms with E-state index < -0.39 is 5.41 Å². The van der Waals surface area contributed by atoms with Crippen LogP contribution in [-0.4, -0.2) is 37.0 Å². The summed E-state index contributed by atoms with van der Waals surface area (Å²) in [6.07, 6.45) is 4.90. The molecule has 2 aliphatic rings. The van der Waals surface area contributed by atoms with E-state index in [-0.39, 0.29) is 5.91 Å². The van der Waals surface area contributed by atoms with Crippen molar-refractivity contribution in [1.82, 2.24) is 4.90 Å². The van der Waals surface area contributed by atoms with E-state index in [1.54, 1.807) is 6.07 Å². The number of nitrogens with one attached hydrogen (secondary N) is 1. The van der Waals surface area contributed by atoms with Gasteiger partial charge in [-0.25, -0.2) is 0 Å². The van der Waals surface area contributed by atoms with Gasteiger partial charge in [0.05, 0.1) is 5.41 Å². The summed E-state index contributed by atoms with van der Waals surface area (Å²) >= 11 is 12.6. The Balaban J connectivity index is 1.35. The van der Waals surface area contributed by atoms with E-state index in [1.807, 2.05) is 36.4 Å². The fourth-order valence-corrected chi connectivity index (χ4v) is 6.22. The summed E-state index contributed by atoms with van der Waals surface area (Å²) in [6.45, 7) is 8.57. The Morgan fingerprint density at radius 1 is 1.06 bits per heavy atom. The minimum absolute atomic E-state index is 0.00812. The van der Waals surface area contributed by atoms with E-state index in [4.69, 9.17) is 27.9 Å². The maximum absolute atomic E-state index is 13.4. The van der Waals surface area contributed by atoms with Crippen molar-refractivity contribution >= 4 is 34.8 Å². The van der Waals surface area contributed by atoms with Gasteiger partial charge in [-0.15, -0.1) is 0 Å². The monoisotopic (exact) mass is 488 g/mol. The van der Waals surface area contributed by atoms with Gasteiger partial charge in [0.25, 0.3) is 0 Å². The molecule has 1 aliphatic heterocycles. The lowest BCUT2D eigenvalue weighted by Gasteiger charge is -2.34. The minimum atomic E-state index is -0.612. The molecule has 0 aromatic heterocycles. The highest BCUT2D eigenvalue weighted by atomic mass is 35.5. The smallest absolute Gasteiger partial charge is 0.235 e. The van der Waals surface area contributed by atoms with Crippen LogP contribution in [-0.2, 0) is 10.2 Å². The summed E-state index contributed by atoms with van der Waals surface area (Å²) in [6, 6.07) is 13.1. The highest BCUT2D eigenvalue weighted by Crippen LogP contribution is 2.45. The number of halogens is 2. The molecule has 33 heavy (non-hydrogen) atoms. The first-order chi connectivity index (χ1) is 15.9. The molecule has 178 valence electrons. The number of benzene rings is 2. The second kappa shape index (κ2) is 10.7. The number of likely N-dealkylation sites (tertiary alicyclic amines) is 1. The number of ether oxygens (including phenoxy) is 1. The predicted octanol–water partition coefficient (Wildman–Crippen LogP) is 6.80. The molecule has 2 aromatic rings. The first kappa shape index (κ1) is 24.4. The number of anilines is 1. The SMILES string of the molecule is C[C@@H]1C[C@H](C)CN(CCOc2ccc(NC(=O)C3(c4ccc(Cl)cc4Cl)CCCC3)cc2)C1. The molecular formula is C27H34Cl2N2O2. The summed E-state index contributed by atoms with van der Waals surface area (Å²) in [5, 5.41) is 4.25. The molecule has 1 amide bonds. The predicted molar refractivity (Wildman–Crippen MR) is 137 cm³/mol. The van der Waals surface area contributed by atoms with E-state index in [9.17, 15) is 4.79 Å². The Kier molecular flexibility index (Phi) is 7.88. The van der Waals surface area contributed by atoms with Crippen LogP contribution in [0.1, 0.15) is 51.5 Å². The topological polar surface area (TPSA) is 41.6 Å². The van der Waals surface area contributed by atoms with Crippen LogP contribution in [0.25, 0.3) is 0 Å². The Hall–Kier alpha value is -1.75. The lowest BCUT2D eigenvalue weighted by atomic mass is 9.78. The fourth-order valence-electron chi connectivity index (χ4n) is 5.63. The van der Waals surface area contributed by atoms with E-state index in [2.05, 4.69) is 24.1 Å². The van der Waals surface area contributed by atoms with E-state index in [0.29, 0.717) is 16.7 Å². The lowest BCUT2D eigenvalue weighted by molar-refractivity contribution is -0.121. The maximum Gasteiger partial charge on any atom is 0.235 e. The zero-order chi connectivity index (χ0) is 23.4. The first-order valence-electron chi connectivity index (χ1n) is 12.1. The number of hydrogen-bond acceptors (Lipinski definition) is 3. The molecule has 0 bridgehead atoms. The van der Waals surface area contributed by atoms with Gasteiger partial charge in [0.1, 0.15) is 12.4 Å². The van der Waals surface area contributed by atoms with Crippen molar-refractivity contribution in [2.45, 2.75) is 51.4 Å². The number of rotatable bonds is 7. The third-order valence-electron chi connectivity index (χ3n) is 7.07. The van der Waals surface area contributed by atoms with Crippen molar-refractivity contribution < 1.29 is 9.53 Å². The summed E-state index contributed by atoms with van der Waals surface area (Å²) in [7, 11) is 0. The number of carbonyl (C=O) groups excluding carboxylic acids is 1. The van der Waals surface area contributed by atoms with Crippen LogP contribution in [0, 0.1) is 11.8 Å². The number of piperidine rings is 1. The Morgan fingerprint density at radius 3 is 2.36 bits per heavy atom. The summed E-state index contributed by atoms with van der Waals surface area (Å²) in [5.41, 5.74) is 1.02. The number of hydrogen-bond donors (Lipinski definition) is 1. The zero-order valence-corrected chi connectivity index (χ0v) is 21.1. The van der Waals surface area contributed by atoms with Gasteiger partial charge in [-0.2, -0.15) is 0 Å². The van der Waals surface area contributed by atoms with Crippen molar-refractivity contribution in [1.29, 1.82) is 0 Å². The number of nitrogens with zero attached hydrogens (tertiary/aromatic N) is 1. The second-order valence-electron chi connectivity index (χ2n) is 9.95. The molecule has 4 nitrogen and oxygen atoms in total. The van der Waals surface area contributed by atoms with Gasteiger partial charge in [0.2, 0.25) is 5.91 Å². The lowest BCUT2D eigenvalue weighted by Crippen LogP contribution is -2.40. The summed E-state index contributed by atoms with van der Waals surface area (Å²) in [4.78, 5) is 15.9. The van der Waals surface area contributed by atoms with Crippen LogP contribution in [0.2, 0.25) is 10.0 Å². The Bertz CT molecular complexity index is 947. The molecule has 1 N–H and O–H groups in total. The molecule has 0 spiro atoms. The van der Waals surface area contributed by atoms with Crippen molar-refractivity contribution in [3.63, 3.8) is 0 Å². The highest BCUT2D eigenvalue weighted by molar-refractivity contribution is 6.35. The van der Waals surface area contributed by atoms with Crippen LogP contribution in [0.3, 0.4) is 0 Å². The van der Waals surface area contributed by atoms with E-state index >= 15 is 0 Å². The van der Waals surface area contributed by atoms with Crippen LogP contribution in [0.5, 0.6) is 5.75 Å². The largest absolute Gasteiger partial charge is 0.492 e. The third kappa shape index (κ3) is 5.85. The molecule has 2 fully saturated rings. The summed E-state index contributed by atoms with van der Waals surface area (Å²) < 4.78 is 5.97. The van der Waals surface area contributed by atoms with Crippen molar-refractivity contribution in [3.05, 3.63) is 58.1 Å². The standard InChI is InChI=1S/C27H34Cl2N2O2/c1-19-15-20(2)18-31(17-19)13-14-33-23-8-6-22(7-9-23)30-26(32)27(11-3-4-12-27)24-10-5-21(28)16-25(24)29/h5-10,16,19-20H,3-4,11-15,17-18H2,1-2H3,(H,30,32)/t19-,20+. The average molecular weight is 489 g/mol. The van der Waals surface area contributed by atoms with Crippen LogP contribution in [0.4, 0.5) is 5.69 Å². The van der Waals surface area contributed by atoms with Crippen molar-refractivity contribution in [2.75, 3.05) is 31.6 Å². The van der Waals surface area contributed by atoms with Gasteiger partial charge in [-0.3, -0.25) is 9.69 Å². The van der Waals surface area contributed by atoms with Crippen molar-refractivity contribution in [3.8, 4) is 5.75 Å². The van der Waals surface area contributed by atoms with Gasteiger partial charge in [0, 0.05) is 35.4 Å². The molecule has 1 aliphatic carbocycles. The molecular weight excluding hydrogens is 455 g/mol. The molecule has 4 rings (SSSR count). The molecule has 0 unspecified atom stereocenters. The number of carbonyl (C=O) groups is 1. The molecule has 2 atom stereocenters. The van der Waals surface area contributed by atoms with Gasteiger partial charge in [-0.1, -0.05) is 56.0 Å². The molecule has 0 radical (unpaired) electrons. The molecule has 1 saturated heterocycles. The van der Waals surface area contributed by atoms with Gasteiger partial charge >= 0.3 is 0 Å². The van der Waals surface area contributed by atoms with E-state index in [1.165, 1.54) is 6.42 Å². The molecule has 2 aromatic carbocycles. The average Bonchev–Trinajstić information content (AvgIpc) is 3.25. The quantitative estimate of drug-likeness (QED) is 0.465. The van der Waals surface area contributed by atoms with Gasteiger partial charge < -0.3 is 10.1 Å². The maximum atomic E-state index is 13.4. The van der Waals surface area contributed by atoms with Crippen molar-refractivity contribution in [2.24, 2.45) is 11.8 Å². The zero-order valence-electron chi connectivity index (χ0n) is 19.6. The molecule has 6 heteroatoms. The van der Waals surface area contributed by atoms with Gasteiger partial charge in [0.15, 0.2) is 0 Å². The normalized spacial score (nSPS) is 22.8. The Morgan fingerprint density at radius 2 is 1.73 bits per heavy atom. The summed E-state index contributed by atoms with van der Waals surface area (Å²) in [5.74, 6) is 2.32. The van der Waals surface area contributed by atoms with Crippen LogP contribution in [0.15, 0.2) is 42.5 Å². The van der Waals surface area contributed by atoms with Crippen LogP contribution < -0.4 is 10.1 Å².